The monoisotopic (exact) mass is 429 g/mol. The zero-order chi connectivity index (χ0) is 22.3. The fraction of sp³-hybridized carbons (Fsp3) is 0.360. The zero-order valence-electron chi connectivity index (χ0n) is 18.8. The van der Waals surface area contributed by atoms with E-state index in [1.165, 1.54) is 12.8 Å². The van der Waals surface area contributed by atoms with Crippen LogP contribution >= 0.6 is 0 Å². The first-order valence-electron chi connectivity index (χ1n) is 11.1. The fourth-order valence-corrected chi connectivity index (χ4v) is 4.22. The van der Waals surface area contributed by atoms with Crippen molar-refractivity contribution in [2.24, 2.45) is 10.7 Å². The molecule has 2 aromatic heterocycles. The molecule has 0 saturated heterocycles. The summed E-state index contributed by atoms with van der Waals surface area (Å²) in [6.07, 6.45) is 11.5. The third-order valence-electron chi connectivity index (χ3n) is 6.13. The summed E-state index contributed by atoms with van der Waals surface area (Å²) in [5.41, 5.74) is 9.60. The number of aliphatic imine (C=N–C) groups is 1. The van der Waals surface area contributed by atoms with Crippen LogP contribution in [-0.2, 0) is 6.54 Å². The fourth-order valence-electron chi connectivity index (χ4n) is 4.22. The van der Waals surface area contributed by atoms with Gasteiger partial charge in [-0.15, -0.1) is 0 Å². The molecule has 7 heteroatoms. The standard InChI is InChI=1S/C25H31N7/c1-32(2)22-9-7-20(8-10-22)31-25-23-13-18(6-11-24(23)29-17-30-25)19(14-26)15-27-16-21-5-3-4-12-28-21/h3-6,11-15,17,20,22H,7-10,16,26H2,1-2H3,(H,29,30,31). The zero-order valence-corrected chi connectivity index (χ0v) is 18.8. The van der Waals surface area contributed by atoms with Gasteiger partial charge in [-0.05, 0) is 69.6 Å². The largest absolute Gasteiger partial charge is 0.404 e. The van der Waals surface area contributed by atoms with Crippen molar-refractivity contribution in [2.75, 3.05) is 19.4 Å². The van der Waals surface area contributed by atoms with E-state index in [0.29, 0.717) is 18.6 Å². The second kappa shape index (κ2) is 10.3. The summed E-state index contributed by atoms with van der Waals surface area (Å²) in [7, 11) is 4.33. The van der Waals surface area contributed by atoms with Gasteiger partial charge >= 0.3 is 0 Å². The summed E-state index contributed by atoms with van der Waals surface area (Å²) in [6, 6.07) is 13.0. The SMILES string of the molecule is CN(C)C1CCC(Nc2ncnc3ccc(C(C=NCc4ccccn4)=CN)cc23)CC1. The normalized spacial score (nSPS) is 19.7. The van der Waals surface area contributed by atoms with E-state index in [2.05, 4.69) is 50.3 Å². The van der Waals surface area contributed by atoms with E-state index in [1.54, 1.807) is 24.9 Å². The van der Waals surface area contributed by atoms with Gasteiger partial charge in [0.25, 0.3) is 0 Å². The minimum Gasteiger partial charge on any atom is -0.404 e. The van der Waals surface area contributed by atoms with Gasteiger partial charge < -0.3 is 16.0 Å². The molecule has 3 aromatic rings. The Morgan fingerprint density at radius 1 is 1.12 bits per heavy atom. The molecule has 0 amide bonds. The number of rotatable bonds is 7. The molecular weight excluding hydrogens is 398 g/mol. The lowest BCUT2D eigenvalue weighted by atomic mass is 9.90. The number of fused-ring (bicyclic) bond motifs is 1. The molecule has 4 rings (SSSR count). The van der Waals surface area contributed by atoms with Crippen molar-refractivity contribution in [1.82, 2.24) is 19.9 Å². The molecule has 1 aliphatic rings. The highest BCUT2D eigenvalue weighted by atomic mass is 15.1. The van der Waals surface area contributed by atoms with Crippen LogP contribution in [0.1, 0.15) is 36.9 Å². The Bertz CT molecular complexity index is 1080. The highest BCUT2D eigenvalue weighted by Crippen LogP contribution is 2.28. The lowest BCUT2D eigenvalue weighted by Crippen LogP contribution is -2.36. The van der Waals surface area contributed by atoms with Crippen LogP contribution in [0.25, 0.3) is 16.5 Å². The topological polar surface area (TPSA) is 92.3 Å². The van der Waals surface area contributed by atoms with E-state index in [1.807, 2.05) is 30.3 Å². The van der Waals surface area contributed by atoms with E-state index < -0.39 is 0 Å². The van der Waals surface area contributed by atoms with Crippen LogP contribution in [0.2, 0.25) is 0 Å². The Morgan fingerprint density at radius 3 is 2.69 bits per heavy atom. The molecule has 0 atom stereocenters. The van der Waals surface area contributed by atoms with Gasteiger partial charge in [0.15, 0.2) is 0 Å². The van der Waals surface area contributed by atoms with Gasteiger partial charge in [-0.1, -0.05) is 12.1 Å². The minimum absolute atomic E-state index is 0.428. The quantitative estimate of drug-likeness (QED) is 0.554. The molecule has 0 bridgehead atoms. The van der Waals surface area contributed by atoms with Crippen LogP contribution in [0, 0.1) is 0 Å². The van der Waals surface area contributed by atoms with Gasteiger partial charge in [0.1, 0.15) is 12.1 Å². The van der Waals surface area contributed by atoms with Gasteiger partial charge in [-0.3, -0.25) is 9.98 Å². The molecule has 2 heterocycles. The molecule has 1 aliphatic carbocycles. The van der Waals surface area contributed by atoms with Crippen LogP contribution in [0.4, 0.5) is 5.82 Å². The molecule has 166 valence electrons. The number of pyridine rings is 1. The van der Waals surface area contributed by atoms with Gasteiger partial charge in [-0.2, -0.15) is 0 Å². The summed E-state index contributed by atoms with van der Waals surface area (Å²) in [5.74, 6) is 0.881. The van der Waals surface area contributed by atoms with Crippen LogP contribution in [-0.4, -0.2) is 52.2 Å². The molecule has 32 heavy (non-hydrogen) atoms. The number of hydrogen-bond donors (Lipinski definition) is 2. The Balaban J connectivity index is 1.51. The predicted octanol–water partition coefficient (Wildman–Crippen LogP) is 3.88. The predicted molar refractivity (Wildman–Crippen MR) is 131 cm³/mol. The average Bonchev–Trinajstić information content (AvgIpc) is 2.83. The number of nitrogens with two attached hydrogens (primary N) is 1. The van der Waals surface area contributed by atoms with Crippen LogP contribution < -0.4 is 11.1 Å². The minimum atomic E-state index is 0.428. The first-order valence-corrected chi connectivity index (χ1v) is 11.1. The summed E-state index contributed by atoms with van der Waals surface area (Å²) in [6.45, 7) is 0.511. The third kappa shape index (κ3) is 5.29. The number of benzene rings is 1. The van der Waals surface area contributed by atoms with E-state index >= 15 is 0 Å². The maximum Gasteiger partial charge on any atom is 0.137 e. The number of nitrogens with one attached hydrogen (secondary N) is 1. The van der Waals surface area contributed by atoms with Crippen LogP contribution in [0.5, 0.6) is 0 Å². The van der Waals surface area contributed by atoms with Crippen molar-refractivity contribution in [3.05, 3.63) is 66.4 Å². The van der Waals surface area contributed by atoms with Crippen LogP contribution in [0.3, 0.4) is 0 Å². The third-order valence-corrected chi connectivity index (χ3v) is 6.13. The second-order valence-electron chi connectivity index (χ2n) is 8.48. The van der Waals surface area contributed by atoms with Crippen LogP contribution in [0.15, 0.2) is 60.1 Å². The molecule has 0 radical (unpaired) electrons. The molecule has 1 aromatic carbocycles. The Labute approximate surface area is 189 Å². The number of anilines is 1. The molecule has 1 saturated carbocycles. The maximum atomic E-state index is 5.93. The van der Waals surface area contributed by atoms with Crippen molar-refractivity contribution < 1.29 is 0 Å². The molecule has 3 N–H and O–H groups in total. The van der Waals surface area contributed by atoms with E-state index in [4.69, 9.17) is 5.73 Å². The van der Waals surface area contributed by atoms with Gasteiger partial charge in [0.05, 0.1) is 17.8 Å². The maximum absolute atomic E-state index is 5.93. The lowest BCUT2D eigenvalue weighted by molar-refractivity contribution is 0.221. The van der Waals surface area contributed by atoms with Gasteiger partial charge in [-0.25, -0.2) is 9.97 Å². The summed E-state index contributed by atoms with van der Waals surface area (Å²) >= 11 is 0. The first kappa shape index (κ1) is 21.9. The van der Waals surface area contributed by atoms with E-state index in [0.717, 1.165) is 46.4 Å². The van der Waals surface area contributed by atoms with E-state index in [-0.39, 0.29) is 0 Å². The summed E-state index contributed by atoms with van der Waals surface area (Å²) in [4.78, 5) is 20.2. The first-order chi connectivity index (χ1) is 15.6. The number of nitrogens with zero attached hydrogens (tertiary/aromatic N) is 5. The Hall–Kier alpha value is -3.32. The van der Waals surface area contributed by atoms with E-state index in [9.17, 15) is 0 Å². The molecule has 0 unspecified atom stereocenters. The Kier molecular flexibility index (Phi) is 7.07. The van der Waals surface area contributed by atoms with Crippen molar-refractivity contribution in [1.29, 1.82) is 0 Å². The molecule has 0 aliphatic heterocycles. The van der Waals surface area contributed by atoms with Crippen molar-refractivity contribution in [3.63, 3.8) is 0 Å². The van der Waals surface area contributed by atoms with Crippen molar-refractivity contribution in [3.8, 4) is 0 Å². The highest BCUT2D eigenvalue weighted by Gasteiger charge is 2.23. The lowest BCUT2D eigenvalue weighted by Gasteiger charge is -2.33. The number of allylic oxidation sites excluding steroid dienone is 1. The molecule has 1 fully saturated rings. The molecular formula is C25H31N7. The molecule has 0 spiro atoms. The second-order valence-corrected chi connectivity index (χ2v) is 8.48. The molecule has 7 nitrogen and oxygen atoms in total. The summed E-state index contributed by atoms with van der Waals surface area (Å²) < 4.78 is 0. The van der Waals surface area contributed by atoms with Gasteiger partial charge in [0, 0.05) is 41.7 Å². The van der Waals surface area contributed by atoms with Crippen molar-refractivity contribution >= 4 is 28.5 Å². The number of hydrogen-bond acceptors (Lipinski definition) is 7. The van der Waals surface area contributed by atoms with Gasteiger partial charge in [0.2, 0.25) is 0 Å². The number of aromatic nitrogens is 3. The summed E-state index contributed by atoms with van der Waals surface area (Å²) in [5, 5.41) is 4.67. The highest BCUT2D eigenvalue weighted by molar-refractivity contribution is 6.11. The van der Waals surface area contributed by atoms with Crippen molar-refractivity contribution in [2.45, 2.75) is 44.3 Å². The average molecular weight is 430 g/mol. The Morgan fingerprint density at radius 2 is 1.97 bits per heavy atom. The smallest absolute Gasteiger partial charge is 0.137 e.